The van der Waals surface area contributed by atoms with Crippen LogP contribution in [0.25, 0.3) is 0 Å². The van der Waals surface area contributed by atoms with Crippen LogP contribution < -0.4 is 5.32 Å². The Hall–Kier alpha value is -0.0900. The van der Waals surface area contributed by atoms with Gasteiger partial charge in [-0.25, -0.2) is 8.42 Å². The summed E-state index contributed by atoms with van der Waals surface area (Å²) in [6.07, 6.45) is 4.51. The fourth-order valence-corrected chi connectivity index (χ4v) is 4.56. The second-order valence-corrected chi connectivity index (χ2v) is 7.99. The Balaban J connectivity index is 1.96. The van der Waals surface area contributed by atoms with Gasteiger partial charge in [0.05, 0.1) is 11.5 Å². The van der Waals surface area contributed by atoms with E-state index in [1.54, 1.807) is 0 Å². The molecule has 2 atom stereocenters. The monoisotopic (exact) mass is 245 g/mol. The van der Waals surface area contributed by atoms with Gasteiger partial charge < -0.3 is 5.32 Å². The Morgan fingerprint density at radius 2 is 2.00 bits per heavy atom. The number of hydrogen-bond donors (Lipinski definition) is 1. The lowest BCUT2D eigenvalue weighted by Gasteiger charge is -2.34. The van der Waals surface area contributed by atoms with E-state index in [2.05, 4.69) is 19.2 Å². The lowest BCUT2D eigenvalue weighted by molar-refractivity contribution is 0.189. The number of hydrogen-bond acceptors (Lipinski definition) is 3. The number of sulfone groups is 1. The molecule has 0 spiro atoms. The molecule has 0 amide bonds. The molecule has 0 aromatic carbocycles. The first-order valence-corrected chi connectivity index (χ1v) is 8.21. The highest BCUT2D eigenvalue weighted by molar-refractivity contribution is 7.91. The second kappa shape index (κ2) is 4.30. The van der Waals surface area contributed by atoms with E-state index in [1.807, 2.05) is 0 Å². The van der Waals surface area contributed by atoms with Crippen LogP contribution in [0.15, 0.2) is 0 Å². The number of rotatable bonds is 5. The predicted molar refractivity (Wildman–Crippen MR) is 66.2 cm³/mol. The summed E-state index contributed by atoms with van der Waals surface area (Å²) in [5.41, 5.74) is 0.159. The summed E-state index contributed by atoms with van der Waals surface area (Å²) in [5.74, 6) is 1.16. The zero-order valence-electron chi connectivity index (χ0n) is 10.3. The van der Waals surface area contributed by atoms with Crippen LogP contribution >= 0.6 is 0 Å². The summed E-state index contributed by atoms with van der Waals surface area (Å²) in [7, 11) is -2.74. The molecule has 3 nitrogen and oxygen atoms in total. The molecule has 94 valence electrons. The third-order valence-electron chi connectivity index (χ3n) is 4.40. The average Bonchev–Trinajstić information content (AvgIpc) is 2.99. The van der Waals surface area contributed by atoms with Gasteiger partial charge in [-0.1, -0.05) is 13.8 Å². The molecule has 0 aromatic rings. The minimum absolute atomic E-state index is 0.159. The van der Waals surface area contributed by atoms with Crippen molar-refractivity contribution in [2.45, 2.75) is 45.6 Å². The molecule has 1 N–H and O–H groups in total. The summed E-state index contributed by atoms with van der Waals surface area (Å²) in [5, 5.41) is 3.56. The molecular weight excluding hydrogens is 222 g/mol. The maximum atomic E-state index is 11.5. The third-order valence-corrected chi connectivity index (χ3v) is 6.17. The quantitative estimate of drug-likeness (QED) is 0.800. The van der Waals surface area contributed by atoms with Crippen molar-refractivity contribution in [3.63, 3.8) is 0 Å². The van der Waals surface area contributed by atoms with Crippen molar-refractivity contribution in [3.8, 4) is 0 Å². The Morgan fingerprint density at radius 3 is 2.44 bits per heavy atom. The third kappa shape index (κ3) is 2.77. The van der Waals surface area contributed by atoms with Gasteiger partial charge in [0.1, 0.15) is 0 Å². The van der Waals surface area contributed by atoms with E-state index in [-0.39, 0.29) is 5.41 Å². The smallest absolute Gasteiger partial charge is 0.150 e. The molecule has 1 aliphatic heterocycles. The summed E-state index contributed by atoms with van der Waals surface area (Å²) >= 11 is 0. The molecule has 2 aliphatic rings. The molecule has 2 rings (SSSR count). The average molecular weight is 245 g/mol. The van der Waals surface area contributed by atoms with E-state index >= 15 is 0 Å². The molecule has 0 radical (unpaired) electrons. The van der Waals surface area contributed by atoms with Gasteiger partial charge in [0.2, 0.25) is 0 Å². The minimum atomic E-state index is -2.74. The zero-order chi connectivity index (χ0) is 11.8. The van der Waals surface area contributed by atoms with Crippen LogP contribution in [0.1, 0.15) is 39.5 Å². The van der Waals surface area contributed by atoms with E-state index in [0.29, 0.717) is 23.5 Å². The molecule has 16 heavy (non-hydrogen) atoms. The Labute approximate surface area is 98.9 Å². The van der Waals surface area contributed by atoms with Gasteiger partial charge in [0.15, 0.2) is 9.84 Å². The van der Waals surface area contributed by atoms with Gasteiger partial charge in [0.25, 0.3) is 0 Å². The Morgan fingerprint density at radius 1 is 1.31 bits per heavy atom. The molecule has 1 aliphatic carbocycles. The van der Waals surface area contributed by atoms with E-state index in [4.69, 9.17) is 0 Å². The van der Waals surface area contributed by atoms with Gasteiger partial charge in [-0.2, -0.15) is 0 Å². The maximum Gasteiger partial charge on any atom is 0.150 e. The standard InChI is InChI=1S/C12H23NO2S/c1-3-12(2,9-13-11-4-5-11)10-6-7-16(14,15)8-10/h10-11,13H,3-9H2,1-2H3. The minimum Gasteiger partial charge on any atom is -0.313 e. The Bertz CT molecular complexity index is 348. The first kappa shape index (κ1) is 12.4. The van der Waals surface area contributed by atoms with Crippen LogP contribution in [0, 0.1) is 11.3 Å². The van der Waals surface area contributed by atoms with Crippen molar-refractivity contribution in [1.82, 2.24) is 5.32 Å². The molecule has 1 heterocycles. The summed E-state index contributed by atoms with van der Waals surface area (Å²) < 4.78 is 23.1. The first-order chi connectivity index (χ1) is 7.45. The fourth-order valence-electron chi connectivity index (χ4n) is 2.57. The van der Waals surface area contributed by atoms with Crippen LogP contribution in [-0.2, 0) is 9.84 Å². The first-order valence-electron chi connectivity index (χ1n) is 6.39. The lowest BCUT2D eigenvalue weighted by atomic mass is 9.74. The maximum absolute atomic E-state index is 11.5. The fraction of sp³-hybridized carbons (Fsp3) is 1.00. The molecule has 2 unspecified atom stereocenters. The topological polar surface area (TPSA) is 46.2 Å². The molecule has 0 bridgehead atoms. The van der Waals surface area contributed by atoms with E-state index in [0.717, 1.165) is 19.4 Å². The van der Waals surface area contributed by atoms with Gasteiger partial charge in [-0.3, -0.25) is 0 Å². The van der Waals surface area contributed by atoms with Crippen molar-refractivity contribution < 1.29 is 8.42 Å². The van der Waals surface area contributed by atoms with Crippen LogP contribution in [-0.4, -0.2) is 32.5 Å². The van der Waals surface area contributed by atoms with Crippen molar-refractivity contribution in [1.29, 1.82) is 0 Å². The summed E-state index contributed by atoms with van der Waals surface area (Å²) in [4.78, 5) is 0. The largest absolute Gasteiger partial charge is 0.313 e. The second-order valence-electron chi connectivity index (χ2n) is 5.76. The normalized spacial score (nSPS) is 32.5. The van der Waals surface area contributed by atoms with Crippen molar-refractivity contribution in [2.24, 2.45) is 11.3 Å². The Kier molecular flexibility index (Phi) is 3.32. The number of nitrogens with one attached hydrogen (secondary N) is 1. The highest BCUT2D eigenvalue weighted by Gasteiger charge is 2.40. The van der Waals surface area contributed by atoms with E-state index < -0.39 is 9.84 Å². The van der Waals surface area contributed by atoms with E-state index in [9.17, 15) is 8.42 Å². The highest BCUT2D eigenvalue weighted by Crippen LogP contribution is 2.38. The molecule has 0 aromatic heterocycles. The SMILES string of the molecule is CCC(C)(CNC1CC1)C1CCS(=O)(=O)C1. The van der Waals surface area contributed by atoms with Gasteiger partial charge in [0, 0.05) is 12.6 Å². The van der Waals surface area contributed by atoms with Crippen LogP contribution in [0.5, 0.6) is 0 Å². The summed E-state index contributed by atoms with van der Waals surface area (Å²) in [6, 6.07) is 0.712. The van der Waals surface area contributed by atoms with Gasteiger partial charge >= 0.3 is 0 Å². The van der Waals surface area contributed by atoms with Gasteiger partial charge in [-0.05, 0) is 37.0 Å². The van der Waals surface area contributed by atoms with Crippen molar-refractivity contribution in [2.75, 3.05) is 18.1 Å². The van der Waals surface area contributed by atoms with Crippen LogP contribution in [0.4, 0.5) is 0 Å². The van der Waals surface area contributed by atoms with Crippen molar-refractivity contribution >= 4 is 9.84 Å². The van der Waals surface area contributed by atoms with E-state index in [1.165, 1.54) is 12.8 Å². The van der Waals surface area contributed by atoms with Crippen LogP contribution in [0.2, 0.25) is 0 Å². The lowest BCUT2D eigenvalue weighted by Crippen LogP contribution is -2.39. The van der Waals surface area contributed by atoms with Crippen molar-refractivity contribution in [3.05, 3.63) is 0 Å². The molecular formula is C12H23NO2S. The molecule has 2 fully saturated rings. The summed E-state index contributed by atoms with van der Waals surface area (Å²) in [6.45, 7) is 5.40. The highest BCUT2D eigenvalue weighted by atomic mass is 32.2. The van der Waals surface area contributed by atoms with Gasteiger partial charge in [-0.15, -0.1) is 0 Å². The zero-order valence-corrected chi connectivity index (χ0v) is 11.1. The van der Waals surface area contributed by atoms with Crippen LogP contribution in [0.3, 0.4) is 0 Å². The molecule has 1 saturated heterocycles. The molecule has 1 saturated carbocycles. The molecule has 4 heteroatoms. The predicted octanol–water partition coefficient (Wildman–Crippen LogP) is 1.59.